The zero-order valence-corrected chi connectivity index (χ0v) is 23.7. The molecule has 2 aromatic heterocycles. The lowest BCUT2D eigenvalue weighted by Gasteiger charge is -2.27. The van der Waals surface area contributed by atoms with E-state index in [0.717, 1.165) is 35.1 Å². The minimum Gasteiger partial charge on any atom is -0.467 e. The summed E-state index contributed by atoms with van der Waals surface area (Å²) in [4.78, 5) is 40.1. The van der Waals surface area contributed by atoms with Gasteiger partial charge in [0.2, 0.25) is 5.91 Å². The van der Waals surface area contributed by atoms with Crippen molar-refractivity contribution in [3.05, 3.63) is 108 Å². The van der Waals surface area contributed by atoms with Crippen LogP contribution in [0, 0.1) is 0 Å². The Hall–Kier alpha value is -4.70. The molecule has 3 aromatic carbocycles. The van der Waals surface area contributed by atoms with Gasteiger partial charge in [-0.2, -0.15) is 0 Å². The lowest BCUT2D eigenvalue weighted by molar-refractivity contribution is -0.118. The molecule has 1 N–H and O–H groups in total. The number of carbonyl (C=O) groups is 3. The molecule has 0 atom stereocenters. The number of carbonyl (C=O) groups excluding carboxylic acids is 3. The van der Waals surface area contributed by atoms with Crippen molar-refractivity contribution >= 4 is 40.3 Å². The van der Waals surface area contributed by atoms with Crippen LogP contribution in [0.5, 0.6) is 0 Å². The Morgan fingerprint density at radius 1 is 0.833 bits per heavy atom. The van der Waals surface area contributed by atoms with Crippen LogP contribution in [-0.4, -0.2) is 49.7 Å². The predicted molar refractivity (Wildman–Crippen MR) is 160 cm³/mol. The summed E-state index contributed by atoms with van der Waals surface area (Å²) in [6, 6.07) is 24.6. The molecule has 212 valence electrons. The molecule has 9 nitrogen and oxygen atoms in total. The number of nitrogens with one attached hydrogen (secondary N) is 1. The van der Waals surface area contributed by atoms with Gasteiger partial charge in [-0.25, -0.2) is 0 Å². The first kappa shape index (κ1) is 27.5. The first-order valence-electron chi connectivity index (χ1n) is 13.9. The topological polar surface area (TPSA) is 110 Å². The Labute approximate surface area is 246 Å². The van der Waals surface area contributed by atoms with Gasteiger partial charge >= 0.3 is 0 Å². The van der Waals surface area contributed by atoms with E-state index < -0.39 is 0 Å². The van der Waals surface area contributed by atoms with Gasteiger partial charge in [0, 0.05) is 35.2 Å². The summed E-state index contributed by atoms with van der Waals surface area (Å²) < 4.78 is 7.25. The molecule has 10 heteroatoms. The number of aromatic nitrogens is 3. The highest BCUT2D eigenvalue weighted by molar-refractivity contribution is 7.99. The maximum absolute atomic E-state index is 13.2. The first-order chi connectivity index (χ1) is 20.6. The summed E-state index contributed by atoms with van der Waals surface area (Å²) in [5, 5.41) is 14.0. The zero-order chi connectivity index (χ0) is 28.9. The molecule has 0 fully saturated rings. The molecular formula is C32H29N5O4S. The van der Waals surface area contributed by atoms with Crippen LogP contribution in [0.1, 0.15) is 51.6 Å². The Kier molecular flexibility index (Phi) is 8.14. The standard InChI is InChI=1S/C32H29N5O4S/c38-28(33-20-24-14-9-19-41-24)21-42-32-35-34-27(37(32)23-12-3-1-4-13-23)17-5-2-6-18-36-30(39)25-15-7-10-22-11-8-16-26(29(22)25)31(36)40/h1,3-4,7-16,19H,2,5-6,17-18,20-21H2,(H,33,38). The van der Waals surface area contributed by atoms with Gasteiger partial charge in [-0.15, -0.1) is 10.2 Å². The van der Waals surface area contributed by atoms with Crippen LogP contribution < -0.4 is 5.32 Å². The quantitative estimate of drug-likeness (QED) is 0.119. The zero-order valence-electron chi connectivity index (χ0n) is 22.9. The SMILES string of the molecule is O=C(CSc1nnc(CCCCCN2C(=O)c3cccc4cccc(c34)C2=O)n1-c1ccccc1)NCc1ccco1. The number of thioether (sulfide) groups is 1. The summed E-state index contributed by atoms with van der Waals surface area (Å²) in [5.74, 6) is 1.09. The van der Waals surface area contributed by atoms with Crippen molar-refractivity contribution < 1.29 is 18.8 Å². The monoisotopic (exact) mass is 579 g/mol. The predicted octanol–water partition coefficient (Wildman–Crippen LogP) is 5.43. The van der Waals surface area contributed by atoms with Gasteiger partial charge in [-0.1, -0.05) is 60.6 Å². The van der Waals surface area contributed by atoms with E-state index >= 15 is 0 Å². The van der Waals surface area contributed by atoms with E-state index in [1.165, 1.54) is 16.7 Å². The van der Waals surface area contributed by atoms with E-state index in [9.17, 15) is 14.4 Å². The Bertz CT molecular complexity index is 1680. The molecule has 0 spiro atoms. The van der Waals surface area contributed by atoms with Crippen LogP contribution >= 0.6 is 11.8 Å². The molecule has 0 radical (unpaired) electrons. The van der Waals surface area contributed by atoms with Gasteiger partial charge in [0.15, 0.2) is 5.16 Å². The second kappa shape index (κ2) is 12.4. The van der Waals surface area contributed by atoms with Crippen molar-refractivity contribution in [1.29, 1.82) is 0 Å². The van der Waals surface area contributed by atoms with E-state index in [-0.39, 0.29) is 23.5 Å². The molecule has 0 aliphatic carbocycles. The third kappa shape index (κ3) is 5.71. The molecule has 3 amide bonds. The van der Waals surface area contributed by atoms with Crippen molar-refractivity contribution in [2.24, 2.45) is 0 Å². The minimum atomic E-state index is -0.233. The fourth-order valence-corrected chi connectivity index (χ4v) is 5.99. The summed E-state index contributed by atoms with van der Waals surface area (Å²) >= 11 is 1.33. The first-order valence-corrected chi connectivity index (χ1v) is 14.9. The molecule has 1 aliphatic heterocycles. The van der Waals surface area contributed by atoms with E-state index in [1.54, 1.807) is 24.5 Å². The van der Waals surface area contributed by atoms with Crippen molar-refractivity contribution in [2.45, 2.75) is 37.4 Å². The van der Waals surface area contributed by atoms with Crippen LogP contribution in [0.2, 0.25) is 0 Å². The molecule has 0 unspecified atom stereocenters. The molecule has 0 saturated carbocycles. The van der Waals surface area contributed by atoms with E-state index in [4.69, 9.17) is 4.42 Å². The number of nitrogens with zero attached hydrogens (tertiary/aromatic N) is 4. The number of imide groups is 1. The number of para-hydroxylation sites is 1. The molecule has 1 aliphatic rings. The summed E-state index contributed by atoms with van der Waals surface area (Å²) in [5.41, 5.74) is 2.09. The number of rotatable bonds is 12. The van der Waals surface area contributed by atoms with Crippen molar-refractivity contribution in [2.75, 3.05) is 12.3 Å². The normalized spacial score (nSPS) is 12.7. The minimum absolute atomic E-state index is 0.124. The molecule has 3 heterocycles. The second-order valence-electron chi connectivity index (χ2n) is 10.00. The molecule has 5 aromatic rings. The summed E-state index contributed by atoms with van der Waals surface area (Å²) in [6.45, 7) is 0.696. The molecule has 0 bridgehead atoms. The number of hydrogen-bond donors (Lipinski definition) is 1. The van der Waals surface area contributed by atoms with E-state index in [0.29, 0.717) is 48.0 Å². The number of unbranched alkanes of at least 4 members (excludes halogenated alkanes) is 2. The highest BCUT2D eigenvalue weighted by Gasteiger charge is 2.32. The third-order valence-corrected chi connectivity index (χ3v) is 8.15. The average molecular weight is 580 g/mol. The molecule has 6 rings (SSSR count). The van der Waals surface area contributed by atoms with Gasteiger partial charge in [-0.05, 0) is 54.6 Å². The maximum Gasteiger partial charge on any atom is 0.261 e. The van der Waals surface area contributed by atoms with Crippen molar-refractivity contribution in [3.8, 4) is 5.69 Å². The van der Waals surface area contributed by atoms with Crippen LogP contribution in [0.15, 0.2) is 94.7 Å². The second-order valence-corrected chi connectivity index (χ2v) is 10.9. The number of furan rings is 1. The number of hydrogen-bond acceptors (Lipinski definition) is 7. The van der Waals surface area contributed by atoms with Crippen molar-refractivity contribution in [3.63, 3.8) is 0 Å². The van der Waals surface area contributed by atoms with Gasteiger partial charge in [0.1, 0.15) is 11.6 Å². The van der Waals surface area contributed by atoms with Gasteiger partial charge in [0.25, 0.3) is 11.8 Å². The van der Waals surface area contributed by atoms with Crippen LogP contribution in [-0.2, 0) is 17.8 Å². The fraction of sp³-hybridized carbons (Fsp3) is 0.219. The maximum atomic E-state index is 13.2. The van der Waals surface area contributed by atoms with Crippen LogP contribution in [0.4, 0.5) is 0 Å². The van der Waals surface area contributed by atoms with E-state index in [1.807, 2.05) is 65.2 Å². The van der Waals surface area contributed by atoms with E-state index in [2.05, 4.69) is 15.5 Å². The Morgan fingerprint density at radius 3 is 2.31 bits per heavy atom. The fourth-order valence-electron chi connectivity index (χ4n) is 5.19. The molecular weight excluding hydrogens is 550 g/mol. The number of benzene rings is 3. The summed E-state index contributed by atoms with van der Waals surface area (Å²) in [7, 11) is 0. The third-order valence-electron chi connectivity index (χ3n) is 7.22. The Balaban J connectivity index is 1.06. The molecule has 0 saturated heterocycles. The van der Waals surface area contributed by atoms with Gasteiger partial charge < -0.3 is 9.73 Å². The van der Waals surface area contributed by atoms with Gasteiger partial charge in [0.05, 0.1) is 18.6 Å². The summed E-state index contributed by atoms with van der Waals surface area (Å²) in [6.07, 6.45) is 4.54. The van der Waals surface area contributed by atoms with Crippen LogP contribution in [0.3, 0.4) is 0 Å². The lowest BCUT2D eigenvalue weighted by atomic mass is 9.94. The number of aryl methyl sites for hydroxylation is 1. The molecule has 42 heavy (non-hydrogen) atoms. The number of amides is 3. The van der Waals surface area contributed by atoms with Gasteiger partial charge in [-0.3, -0.25) is 23.9 Å². The highest BCUT2D eigenvalue weighted by Crippen LogP contribution is 2.30. The average Bonchev–Trinajstić information content (AvgIpc) is 3.69. The van der Waals surface area contributed by atoms with Crippen molar-refractivity contribution in [1.82, 2.24) is 25.0 Å². The van der Waals surface area contributed by atoms with Crippen LogP contribution in [0.25, 0.3) is 16.5 Å². The largest absolute Gasteiger partial charge is 0.467 e. The highest BCUT2D eigenvalue weighted by atomic mass is 32.2. The smallest absolute Gasteiger partial charge is 0.261 e. The lowest BCUT2D eigenvalue weighted by Crippen LogP contribution is -2.40. The Morgan fingerprint density at radius 2 is 1.60 bits per heavy atom.